The molecule has 0 radical (unpaired) electrons. The average Bonchev–Trinajstić information content (AvgIpc) is 2.55. The van der Waals surface area contributed by atoms with Gasteiger partial charge in [-0.2, -0.15) is 5.26 Å². The van der Waals surface area contributed by atoms with Crippen molar-refractivity contribution in [1.82, 2.24) is 4.90 Å². The van der Waals surface area contributed by atoms with Crippen molar-refractivity contribution in [1.29, 1.82) is 5.26 Å². The van der Waals surface area contributed by atoms with E-state index >= 15 is 0 Å². The monoisotopic (exact) mass is 350 g/mol. The Morgan fingerprint density at radius 2 is 2.07 bits per heavy atom. The molecule has 0 amide bonds. The van der Waals surface area contributed by atoms with Crippen molar-refractivity contribution in [3.8, 4) is 6.07 Å². The molecular formula is C10H12Br2N2S. The molecular weight excluding hydrogens is 340 g/mol. The third-order valence-corrected chi connectivity index (χ3v) is 5.54. The van der Waals surface area contributed by atoms with Crippen LogP contribution in [0.3, 0.4) is 0 Å². The number of halogens is 2. The van der Waals surface area contributed by atoms with Crippen LogP contribution in [0.25, 0.3) is 0 Å². The maximum Gasteiger partial charge on any atom is 0.133 e. The van der Waals surface area contributed by atoms with Crippen molar-refractivity contribution in [2.75, 3.05) is 13.1 Å². The third-order valence-electron chi connectivity index (χ3n) is 2.23. The second-order valence-corrected chi connectivity index (χ2v) is 6.28. The van der Waals surface area contributed by atoms with E-state index in [2.05, 4.69) is 56.7 Å². The summed E-state index contributed by atoms with van der Waals surface area (Å²) in [6.45, 7) is 5.93. The molecule has 1 heterocycles. The predicted octanol–water partition coefficient (Wildman–Crippen LogP) is 4.18. The van der Waals surface area contributed by atoms with Crippen LogP contribution in [0.5, 0.6) is 0 Å². The van der Waals surface area contributed by atoms with Gasteiger partial charge < -0.3 is 0 Å². The Morgan fingerprint density at radius 3 is 2.40 bits per heavy atom. The fourth-order valence-corrected chi connectivity index (χ4v) is 3.58. The van der Waals surface area contributed by atoms with Crippen LogP contribution in [0.4, 0.5) is 0 Å². The zero-order valence-corrected chi connectivity index (χ0v) is 12.6. The van der Waals surface area contributed by atoms with Crippen molar-refractivity contribution in [3.05, 3.63) is 19.2 Å². The van der Waals surface area contributed by atoms with Gasteiger partial charge in [-0.25, -0.2) is 0 Å². The van der Waals surface area contributed by atoms with Crippen LogP contribution >= 0.6 is 43.2 Å². The summed E-state index contributed by atoms with van der Waals surface area (Å²) < 4.78 is 2.07. The largest absolute Gasteiger partial charge is 0.284 e. The van der Waals surface area contributed by atoms with Crippen LogP contribution in [-0.4, -0.2) is 18.0 Å². The molecule has 2 nitrogen and oxygen atoms in total. The number of hydrogen-bond donors (Lipinski definition) is 0. The molecule has 82 valence electrons. The van der Waals surface area contributed by atoms with E-state index in [4.69, 9.17) is 0 Å². The lowest BCUT2D eigenvalue weighted by atomic mass is 10.2. The van der Waals surface area contributed by atoms with Gasteiger partial charge in [0.15, 0.2) is 0 Å². The third kappa shape index (κ3) is 3.04. The van der Waals surface area contributed by atoms with Gasteiger partial charge in [0.1, 0.15) is 6.04 Å². The van der Waals surface area contributed by atoms with Crippen molar-refractivity contribution in [3.63, 3.8) is 0 Å². The van der Waals surface area contributed by atoms with E-state index in [0.29, 0.717) is 0 Å². The van der Waals surface area contributed by atoms with Gasteiger partial charge in [-0.15, -0.1) is 11.3 Å². The molecule has 1 unspecified atom stereocenters. The number of hydrogen-bond acceptors (Lipinski definition) is 3. The predicted molar refractivity (Wildman–Crippen MR) is 71.0 cm³/mol. The summed E-state index contributed by atoms with van der Waals surface area (Å²) in [6, 6.07) is 4.24. The topological polar surface area (TPSA) is 27.0 Å². The molecule has 0 bridgehead atoms. The fourth-order valence-electron chi connectivity index (χ4n) is 1.41. The van der Waals surface area contributed by atoms with Crippen molar-refractivity contribution >= 4 is 43.2 Å². The number of thiophene rings is 1. The maximum absolute atomic E-state index is 9.20. The Hall–Kier alpha value is 0.110. The van der Waals surface area contributed by atoms with E-state index in [-0.39, 0.29) is 6.04 Å². The highest BCUT2D eigenvalue weighted by Gasteiger charge is 2.20. The van der Waals surface area contributed by atoms with E-state index in [1.165, 1.54) is 0 Å². The van der Waals surface area contributed by atoms with Gasteiger partial charge in [0, 0.05) is 9.35 Å². The Morgan fingerprint density at radius 1 is 1.47 bits per heavy atom. The first-order chi connectivity index (χ1) is 7.13. The highest BCUT2D eigenvalue weighted by molar-refractivity contribution is 9.13. The van der Waals surface area contributed by atoms with Crippen molar-refractivity contribution in [2.45, 2.75) is 19.9 Å². The zero-order valence-electron chi connectivity index (χ0n) is 8.63. The summed E-state index contributed by atoms with van der Waals surface area (Å²) in [5.74, 6) is 0. The zero-order chi connectivity index (χ0) is 11.4. The van der Waals surface area contributed by atoms with Gasteiger partial charge in [-0.1, -0.05) is 13.8 Å². The fraction of sp³-hybridized carbons (Fsp3) is 0.500. The number of rotatable bonds is 4. The second kappa shape index (κ2) is 6.00. The lowest BCUT2D eigenvalue weighted by Gasteiger charge is -2.22. The molecule has 0 aliphatic heterocycles. The minimum absolute atomic E-state index is 0.132. The Balaban J connectivity index is 2.97. The molecule has 0 N–H and O–H groups in total. The molecule has 0 aliphatic carbocycles. The molecule has 0 saturated carbocycles. The smallest absolute Gasteiger partial charge is 0.133 e. The minimum Gasteiger partial charge on any atom is -0.284 e. The molecule has 1 aromatic heterocycles. The van der Waals surface area contributed by atoms with Crippen LogP contribution in [0.1, 0.15) is 24.8 Å². The molecule has 15 heavy (non-hydrogen) atoms. The molecule has 0 aliphatic rings. The highest BCUT2D eigenvalue weighted by atomic mass is 79.9. The summed E-state index contributed by atoms with van der Waals surface area (Å²) in [5, 5.41) is 9.20. The Kier molecular flexibility index (Phi) is 5.27. The number of nitrogens with zero attached hydrogens (tertiary/aromatic N) is 2. The molecule has 0 saturated heterocycles. The van der Waals surface area contributed by atoms with Gasteiger partial charge in [0.05, 0.1) is 9.86 Å². The average molecular weight is 352 g/mol. The molecule has 0 aromatic carbocycles. The summed E-state index contributed by atoms with van der Waals surface area (Å²) in [6.07, 6.45) is 0. The summed E-state index contributed by atoms with van der Waals surface area (Å²) >= 11 is 8.50. The van der Waals surface area contributed by atoms with E-state index in [1.54, 1.807) is 11.3 Å². The maximum atomic E-state index is 9.20. The van der Waals surface area contributed by atoms with Crippen molar-refractivity contribution < 1.29 is 0 Å². The lowest BCUT2D eigenvalue weighted by Crippen LogP contribution is -2.26. The molecule has 1 aromatic rings. The minimum atomic E-state index is -0.132. The van der Waals surface area contributed by atoms with Crippen LogP contribution in [0.2, 0.25) is 0 Å². The number of nitriles is 1. The Bertz CT molecular complexity index is 346. The van der Waals surface area contributed by atoms with Gasteiger partial charge in [-0.05, 0) is 51.0 Å². The van der Waals surface area contributed by atoms with E-state index in [0.717, 1.165) is 26.2 Å². The van der Waals surface area contributed by atoms with Gasteiger partial charge in [0.2, 0.25) is 0 Å². The van der Waals surface area contributed by atoms with E-state index < -0.39 is 0 Å². The summed E-state index contributed by atoms with van der Waals surface area (Å²) in [4.78, 5) is 3.23. The molecule has 0 spiro atoms. The molecule has 1 rings (SSSR count). The van der Waals surface area contributed by atoms with E-state index in [9.17, 15) is 5.26 Å². The second-order valence-electron chi connectivity index (χ2n) is 3.02. The summed E-state index contributed by atoms with van der Waals surface area (Å²) in [7, 11) is 0. The van der Waals surface area contributed by atoms with E-state index in [1.807, 2.05) is 6.07 Å². The lowest BCUT2D eigenvalue weighted by molar-refractivity contribution is 0.265. The van der Waals surface area contributed by atoms with Crippen LogP contribution in [-0.2, 0) is 0 Å². The van der Waals surface area contributed by atoms with Crippen LogP contribution in [0.15, 0.2) is 14.3 Å². The summed E-state index contributed by atoms with van der Waals surface area (Å²) in [5.41, 5.74) is 0. The molecule has 1 atom stereocenters. The quantitative estimate of drug-likeness (QED) is 0.813. The van der Waals surface area contributed by atoms with Crippen LogP contribution in [0, 0.1) is 11.3 Å². The Labute approximate surface area is 111 Å². The van der Waals surface area contributed by atoms with Crippen molar-refractivity contribution in [2.24, 2.45) is 0 Å². The molecule has 5 heteroatoms. The SMILES string of the molecule is CCN(CC)C(C#N)c1cc(Br)c(Br)s1. The first-order valence-corrected chi connectivity index (χ1v) is 7.12. The van der Waals surface area contributed by atoms with Gasteiger partial charge in [0.25, 0.3) is 0 Å². The molecule has 0 fully saturated rings. The first kappa shape index (κ1) is 13.2. The standard InChI is InChI=1S/C10H12Br2N2S/c1-3-14(4-2)8(6-13)9-5-7(11)10(12)15-9/h5,8H,3-4H2,1-2H3. The normalized spacial score (nSPS) is 12.8. The van der Waals surface area contributed by atoms with Crippen LogP contribution < -0.4 is 0 Å². The van der Waals surface area contributed by atoms with Gasteiger partial charge in [-0.3, -0.25) is 4.90 Å². The first-order valence-electron chi connectivity index (χ1n) is 4.72. The van der Waals surface area contributed by atoms with Gasteiger partial charge >= 0.3 is 0 Å². The highest BCUT2D eigenvalue weighted by Crippen LogP contribution is 2.37.